The summed E-state index contributed by atoms with van der Waals surface area (Å²) >= 11 is 2.27. The van der Waals surface area contributed by atoms with Gasteiger partial charge >= 0.3 is 0 Å². The highest BCUT2D eigenvalue weighted by Crippen LogP contribution is 2.19. The highest BCUT2D eigenvalue weighted by atomic mass is 127. The van der Waals surface area contributed by atoms with Gasteiger partial charge < -0.3 is 5.11 Å². The minimum Gasteiger partial charge on any atom is -0.388 e. The summed E-state index contributed by atoms with van der Waals surface area (Å²) in [5.74, 6) is 0. The van der Waals surface area contributed by atoms with Gasteiger partial charge in [0.1, 0.15) is 0 Å². The van der Waals surface area contributed by atoms with Gasteiger partial charge in [-0.05, 0) is 52.8 Å². The Morgan fingerprint density at radius 1 is 1.12 bits per heavy atom. The van der Waals surface area contributed by atoms with Crippen molar-refractivity contribution < 1.29 is 5.11 Å². The molecule has 2 aromatic carbocycles. The smallest absolute Gasteiger partial charge is 0.0830 e. The van der Waals surface area contributed by atoms with E-state index in [0.29, 0.717) is 6.42 Å². The van der Waals surface area contributed by atoms with Crippen LogP contribution in [-0.4, -0.2) is 5.11 Å². The molecule has 0 bridgehead atoms. The van der Waals surface area contributed by atoms with Gasteiger partial charge in [-0.2, -0.15) is 0 Å². The Labute approximate surface area is 116 Å². The molecule has 0 saturated carbocycles. The Morgan fingerprint density at radius 3 is 2.47 bits per heavy atom. The number of hydrogen-bond donors (Lipinski definition) is 1. The predicted octanol–water partition coefficient (Wildman–Crippen LogP) is 3.88. The molecule has 0 radical (unpaired) electrons. The second kappa shape index (κ2) is 5.65. The van der Waals surface area contributed by atoms with Crippen LogP contribution in [0.4, 0.5) is 0 Å². The van der Waals surface area contributed by atoms with E-state index in [4.69, 9.17) is 0 Å². The maximum atomic E-state index is 10.2. The molecule has 0 aliphatic carbocycles. The fourth-order valence-corrected chi connectivity index (χ4v) is 2.22. The van der Waals surface area contributed by atoms with Crippen LogP contribution in [-0.2, 0) is 6.42 Å². The van der Waals surface area contributed by atoms with Crippen molar-refractivity contribution in [2.75, 3.05) is 0 Å². The highest BCUT2D eigenvalue weighted by Gasteiger charge is 2.08. The van der Waals surface area contributed by atoms with Crippen molar-refractivity contribution in [1.82, 2.24) is 0 Å². The molecule has 0 heterocycles. The maximum Gasteiger partial charge on any atom is 0.0830 e. The SMILES string of the molecule is Cc1cccc(CC(O)c2ccc(I)cc2)c1. The number of rotatable bonds is 3. The molecular weight excluding hydrogens is 323 g/mol. The number of aliphatic hydroxyl groups excluding tert-OH is 1. The fraction of sp³-hybridized carbons (Fsp3) is 0.200. The van der Waals surface area contributed by atoms with Crippen LogP contribution >= 0.6 is 22.6 Å². The first kappa shape index (κ1) is 12.6. The van der Waals surface area contributed by atoms with E-state index in [1.165, 1.54) is 14.7 Å². The summed E-state index contributed by atoms with van der Waals surface area (Å²) < 4.78 is 1.19. The molecule has 0 aliphatic heterocycles. The van der Waals surface area contributed by atoms with Crippen molar-refractivity contribution in [3.63, 3.8) is 0 Å². The largest absolute Gasteiger partial charge is 0.388 e. The van der Waals surface area contributed by atoms with Crippen molar-refractivity contribution in [2.24, 2.45) is 0 Å². The summed E-state index contributed by atoms with van der Waals surface area (Å²) in [4.78, 5) is 0. The van der Waals surface area contributed by atoms with Crippen LogP contribution in [0.15, 0.2) is 48.5 Å². The first-order valence-electron chi connectivity index (χ1n) is 5.64. The molecule has 2 aromatic rings. The first-order valence-corrected chi connectivity index (χ1v) is 6.72. The molecule has 1 atom stereocenters. The van der Waals surface area contributed by atoms with Crippen molar-refractivity contribution >= 4 is 22.6 Å². The Bertz CT molecular complexity index is 491. The Balaban J connectivity index is 2.11. The van der Waals surface area contributed by atoms with Crippen LogP contribution in [0.3, 0.4) is 0 Å². The molecule has 1 nitrogen and oxygen atoms in total. The lowest BCUT2D eigenvalue weighted by Crippen LogP contribution is -2.01. The zero-order valence-corrected chi connectivity index (χ0v) is 11.9. The lowest BCUT2D eigenvalue weighted by molar-refractivity contribution is 0.178. The van der Waals surface area contributed by atoms with Gasteiger partial charge in [-0.1, -0.05) is 42.0 Å². The molecular formula is C15H15IO. The zero-order valence-electron chi connectivity index (χ0n) is 9.73. The molecule has 0 fully saturated rings. The van der Waals surface area contributed by atoms with E-state index < -0.39 is 6.10 Å². The summed E-state index contributed by atoms with van der Waals surface area (Å²) in [5.41, 5.74) is 3.39. The summed E-state index contributed by atoms with van der Waals surface area (Å²) in [6.45, 7) is 2.07. The molecule has 0 spiro atoms. The monoisotopic (exact) mass is 338 g/mol. The molecule has 1 N–H and O–H groups in total. The second-order valence-electron chi connectivity index (χ2n) is 4.26. The summed E-state index contributed by atoms with van der Waals surface area (Å²) in [5, 5.41) is 10.2. The van der Waals surface area contributed by atoms with E-state index in [1.54, 1.807) is 0 Å². The third kappa shape index (κ3) is 3.54. The minimum absolute atomic E-state index is 0.422. The standard InChI is InChI=1S/C15H15IO/c1-11-3-2-4-12(9-11)10-15(17)13-5-7-14(16)8-6-13/h2-9,15,17H,10H2,1H3. The van der Waals surface area contributed by atoms with E-state index in [1.807, 2.05) is 30.3 Å². The third-order valence-electron chi connectivity index (χ3n) is 2.77. The van der Waals surface area contributed by atoms with Gasteiger partial charge in [0.25, 0.3) is 0 Å². The average Bonchev–Trinajstić information content (AvgIpc) is 2.29. The molecule has 0 aromatic heterocycles. The van der Waals surface area contributed by atoms with Crippen LogP contribution in [0.1, 0.15) is 22.8 Å². The van der Waals surface area contributed by atoms with Crippen molar-refractivity contribution in [3.8, 4) is 0 Å². The Morgan fingerprint density at radius 2 is 1.82 bits per heavy atom. The molecule has 0 amide bonds. The lowest BCUT2D eigenvalue weighted by atomic mass is 10.0. The number of halogens is 1. The van der Waals surface area contributed by atoms with E-state index in [-0.39, 0.29) is 0 Å². The van der Waals surface area contributed by atoms with Crippen LogP contribution in [0.2, 0.25) is 0 Å². The molecule has 17 heavy (non-hydrogen) atoms. The van der Waals surface area contributed by atoms with E-state index in [2.05, 4.69) is 47.7 Å². The Hall–Kier alpha value is -0.870. The fourth-order valence-electron chi connectivity index (χ4n) is 1.87. The van der Waals surface area contributed by atoms with Gasteiger partial charge in [-0.25, -0.2) is 0 Å². The molecule has 2 heteroatoms. The summed E-state index contributed by atoms with van der Waals surface area (Å²) in [7, 11) is 0. The lowest BCUT2D eigenvalue weighted by Gasteiger charge is -2.11. The Kier molecular flexibility index (Phi) is 4.18. The first-order chi connectivity index (χ1) is 8.15. The van der Waals surface area contributed by atoms with Gasteiger partial charge in [0.05, 0.1) is 6.10 Å². The number of hydrogen-bond acceptors (Lipinski definition) is 1. The van der Waals surface area contributed by atoms with Gasteiger partial charge in [0.2, 0.25) is 0 Å². The quantitative estimate of drug-likeness (QED) is 0.843. The maximum absolute atomic E-state index is 10.2. The second-order valence-corrected chi connectivity index (χ2v) is 5.51. The topological polar surface area (TPSA) is 20.2 Å². The number of benzene rings is 2. The number of aliphatic hydroxyl groups is 1. The van der Waals surface area contributed by atoms with Gasteiger partial charge in [0, 0.05) is 9.99 Å². The molecule has 0 saturated heterocycles. The van der Waals surface area contributed by atoms with Crippen LogP contribution in [0.5, 0.6) is 0 Å². The molecule has 1 unspecified atom stereocenters. The van der Waals surface area contributed by atoms with Gasteiger partial charge in [-0.3, -0.25) is 0 Å². The van der Waals surface area contributed by atoms with E-state index in [9.17, 15) is 5.11 Å². The van der Waals surface area contributed by atoms with Crippen molar-refractivity contribution in [2.45, 2.75) is 19.4 Å². The van der Waals surface area contributed by atoms with Crippen molar-refractivity contribution in [1.29, 1.82) is 0 Å². The highest BCUT2D eigenvalue weighted by molar-refractivity contribution is 14.1. The van der Waals surface area contributed by atoms with E-state index >= 15 is 0 Å². The average molecular weight is 338 g/mol. The van der Waals surface area contributed by atoms with Crippen molar-refractivity contribution in [3.05, 3.63) is 68.8 Å². The molecule has 0 aliphatic rings. The molecule has 88 valence electrons. The summed E-state index contributed by atoms with van der Waals surface area (Å²) in [6, 6.07) is 16.3. The molecule has 2 rings (SSSR count). The number of aryl methyl sites for hydroxylation is 1. The minimum atomic E-state index is -0.422. The zero-order chi connectivity index (χ0) is 12.3. The van der Waals surface area contributed by atoms with Crippen LogP contribution in [0, 0.1) is 10.5 Å². The van der Waals surface area contributed by atoms with E-state index in [0.717, 1.165) is 5.56 Å². The van der Waals surface area contributed by atoms with Crippen LogP contribution in [0.25, 0.3) is 0 Å². The van der Waals surface area contributed by atoms with Crippen LogP contribution < -0.4 is 0 Å². The van der Waals surface area contributed by atoms with Gasteiger partial charge in [-0.15, -0.1) is 0 Å². The van der Waals surface area contributed by atoms with Gasteiger partial charge in [0.15, 0.2) is 0 Å². The third-order valence-corrected chi connectivity index (χ3v) is 3.49. The normalized spacial score (nSPS) is 12.4. The predicted molar refractivity (Wildman–Crippen MR) is 79.0 cm³/mol. The summed E-state index contributed by atoms with van der Waals surface area (Å²) in [6.07, 6.45) is 0.247.